The third-order valence-electron chi connectivity index (χ3n) is 2.18. The number of hydroxylamine groups is 1. The number of rotatable bonds is 3. The van der Waals surface area contributed by atoms with Gasteiger partial charge < -0.3 is 10.2 Å². The summed E-state index contributed by atoms with van der Waals surface area (Å²) in [6.45, 7) is 1.78. The summed E-state index contributed by atoms with van der Waals surface area (Å²) in [4.78, 5) is 10.9. The topological polar surface area (TPSA) is 89.8 Å². The van der Waals surface area contributed by atoms with Gasteiger partial charge in [0.05, 0.1) is 0 Å². The number of nitrogens with one attached hydrogen (secondary N) is 1. The Kier molecular flexibility index (Phi) is 3.51. The van der Waals surface area contributed by atoms with Gasteiger partial charge in [-0.1, -0.05) is 13.0 Å². The van der Waals surface area contributed by atoms with E-state index in [2.05, 4.69) is 0 Å². The monoisotopic (exact) mass is 211 g/mol. The molecule has 15 heavy (non-hydrogen) atoms. The first-order chi connectivity index (χ1) is 7.04. The van der Waals surface area contributed by atoms with Crippen molar-refractivity contribution in [2.45, 2.75) is 19.3 Å². The van der Waals surface area contributed by atoms with Crippen LogP contribution in [0.2, 0.25) is 0 Å². The van der Waals surface area contributed by atoms with E-state index in [9.17, 15) is 9.90 Å². The third-order valence-corrected chi connectivity index (χ3v) is 2.18. The summed E-state index contributed by atoms with van der Waals surface area (Å²) in [6, 6.07) is 4.37. The summed E-state index contributed by atoms with van der Waals surface area (Å²) in [5.74, 6) is -1.06. The van der Waals surface area contributed by atoms with Crippen LogP contribution in [-0.4, -0.2) is 21.3 Å². The molecule has 4 N–H and O–H groups in total. The second-order valence-electron chi connectivity index (χ2n) is 3.39. The Bertz CT molecular complexity index is 364. The van der Waals surface area contributed by atoms with Crippen LogP contribution < -0.4 is 5.48 Å². The van der Waals surface area contributed by atoms with Gasteiger partial charge in [-0.25, -0.2) is 5.48 Å². The minimum atomic E-state index is -0.491. The second kappa shape index (κ2) is 4.65. The van der Waals surface area contributed by atoms with Crippen LogP contribution in [0.25, 0.3) is 0 Å². The van der Waals surface area contributed by atoms with E-state index in [0.717, 1.165) is 0 Å². The molecule has 1 aromatic rings. The highest BCUT2D eigenvalue weighted by atomic mass is 16.5. The molecule has 0 saturated heterocycles. The lowest BCUT2D eigenvalue weighted by Gasteiger charge is -2.11. The normalized spacial score (nSPS) is 12.1. The molecule has 0 heterocycles. The van der Waals surface area contributed by atoms with Gasteiger partial charge in [0, 0.05) is 6.42 Å². The Morgan fingerprint density at radius 3 is 2.60 bits per heavy atom. The Balaban J connectivity index is 2.78. The molecule has 0 bridgehead atoms. The SMILES string of the molecule is CC(CC(=O)NO)c1ccc(O)c(O)c1. The maximum absolute atomic E-state index is 10.9. The molecular formula is C10H13NO4. The number of phenolic OH excluding ortho intramolecular Hbond substituents is 2. The molecule has 1 rings (SSSR count). The van der Waals surface area contributed by atoms with Gasteiger partial charge in [0.2, 0.25) is 5.91 Å². The fourth-order valence-electron chi connectivity index (χ4n) is 1.29. The van der Waals surface area contributed by atoms with Gasteiger partial charge in [-0.05, 0) is 23.6 Å². The number of aromatic hydroxyl groups is 2. The molecule has 0 aliphatic heterocycles. The lowest BCUT2D eigenvalue weighted by Crippen LogP contribution is -2.20. The van der Waals surface area contributed by atoms with E-state index >= 15 is 0 Å². The summed E-state index contributed by atoms with van der Waals surface area (Å²) in [7, 11) is 0. The molecule has 1 aromatic carbocycles. The maximum Gasteiger partial charge on any atom is 0.243 e. The van der Waals surface area contributed by atoms with E-state index in [1.807, 2.05) is 0 Å². The molecule has 0 aliphatic rings. The highest BCUT2D eigenvalue weighted by Crippen LogP contribution is 2.29. The molecule has 0 saturated carbocycles. The minimum Gasteiger partial charge on any atom is -0.504 e. The summed E-state index contributed by atoms with van der Waals surface area (Å²) in [5.41, 5.74) is 2.26. The number of hydrogen-bond donors (Lipinski definition) is 4. The number of benzene rings is 1. The fourth-order valence-corrected chi connectivity index (χ4v) is 1.29. The van der Waals surface area contributed by atoms with Crippen LogP contribution in [0.15, 0.2) is 18.2 Å². The molecule has 1 unspecified atom stereocenters. The Labute approximate surface area is 86.9 Å². The van der Waals surface area contributed by atoms with Crippen LogP contribution in [-0.2, 0) is 4.79 Å². The standard InChI is InChI=1S/C10H13NO4/c1-6(4-10(14)11-15)7-2-3-8(12)9(13)5-7/h2-3,5-6,12-13,15H,4H2,1H3,(H,11,14). The van der Waals surface area contributed by atoms with Crippen molar-refractivity contribution in [2.24, 2.45) is 0 Å². The van der Waals surface area contributed by atoms with Crippen LogP contribution in [0.5, 0.6) is 11.5 Å². The highest BCUT2D eigenvalue weighted by Gasteiger charge is 2.12. The molecule has 1 atom stereocenters. The fraction of sp³-hybridized carbons (Fsp3) is 0.300. The van der Waals surface area contributed by atoms with Gasteiger partial charge in [0.25, 0.3) is 0 Å². The van der Waals surface area contributed by atoms with Crippen molar-refractivity contribution in [3.8, 4) is 11.5 Å². The van der Waals surface area contributed by atoms with Gasteiger partial charge in [-0.15, -0.1) is 0 Å². The van der Waals surface area contributed by atoms with Crippen molar-refractivity contribution in [1.29, 1.82) is 0 Å². The van der Waals surface area contributed by atoms with E-state index in [1.54, 1.807) is 18.5 Å². The van der Waals surface area contributed by atoms with Gasteiger partial charge in [0.1, 0.15) is 0 Å². The first-order valence-electron chi connectivity index (χ1n) is 4.49. The lowest BCUT2D eigenvalue weighted by atomic mass is 9.97. The third kappa shape index (κ3) is 2.85. The van der Waals surface area contributed by atoms with E-state index in [4.69, 9.17) is 10.3 Å². The summed E-state index contributed by atoms with van der Waals surface area (Å²) >= 11 is 0. The van der Waals surface area contributed by atoms with Gasteiger partial charge in [-0.3, -0.25) is 10.0 Å². The lowest BCUT2D eigenvalue weighted by molar-refractivity contribution is -0.129. The van der Waals surface area contributed by atoms with Gasteiger partial charge in [0.15, 0.2) is 11.5 Å². The van der Waals surface area contributed by atoms with Gasteiger partial charge in [-0.2, -0.15) is 0 Å². The molecule has 0 fully saturated rings. The van der Waals surface area contributed by atoms with Crippen LogP contribution >= 0.6 is 0 Å². The first kappa shape index (κ1) is 11.3. The quantitative estimate of drug-likeness (QED) is 0.342. The minimum absolute atomic E-state index is 0.112. The van der Waals surface area contributed by atoms with Crippen molar-refractivity contribution in [3.05, 3.63) is 23.8 Å². The average molecular weight is 211 g/mol. The van der Waals surface area contributed by atoms with Crippen molar-refractivity contribution >= 4 is 5.91 Å². The second-order valence-corrected chi connectivity index (χ2v) is 3.39. The molecule has 0 spiro atoms. The summed E-state index contributed by atoms with van der Waals surface area (Å²) < 4.78 is 0. The highest BCUT2D eigenvalue weighted by molar-refractivity contribution is 5.75. The smallest absolute Gasteiger partial charge is 0.243 e. The van der Waals surface area contributed by atoms with Crippen LogP contribution in [0.1, 0.15) is 24.8 Å². The van der Waals surface area contributed by atoms with Gasteiger partial charge >= 0.3 is 0 Å². The van der Waals surface area contributed by atoms with Crippen LogP contribution in [0.4, 0.5) is 0 Å². The molecular weight excluding hydrogens is 198 g/mol. The largest absolute Gasteiger partial charge is 0.504 e. The number of carbonyl (C=O) groups excluding carboxylic acids is 1. The van der Waals surface area contributed by atoms with Crippen molar-refractivity contribution in [2.75, 3.05) is 0 Å². The molecule has 0 radical (unpaired) electrons. The number of phenols is 2. The molecule has 0 aromatic heterocycles. The van der Waals surface area contributed by atoms with E-state index in [1.165, 1.54) is 12.1 Å². The van der Waals surface area contributed by atoms with Crippen molar-refractivity contribution in [1.82, 2.24) is 5.48 Å². The van der Waals surface area contributed by atoms with E-state index in [-0.39, 0.29) is 23.8 Å². The number of amides is 1. The van der Waals surface area contributed by atoms with Crippen molar-refractivity contribution in [3.63, 3.8) is 0 Å². The Hall–Kier alpha value is -1.75. The zero-order chi connectivity index (χ0) is 11.4. The molecule has 1 amide bonds. The number of carbonyl (C=O) groups is 1. The first-order valence-corrected chi connectivity index (χ1v) is 4.49. The molecule has 5 nitrogen and oxygen atoms in total. The number of hydrogen-bond acceptors (Lipinski definition) is 4. The maximum atomic E-state index is 10.9. The summed E-state index contributed by atoms with van der Waals surface area (Å²) in [6.07, 6.45) is 0.112. The molecule has 0 aliphatic carbocycles. The average Bonchev–Trinajstić information content (AvgIpc) is 2.21. The predicted molar refractivity (Wildman–Crippen MR) is 52.7 cm³/mol. The van der Waals surface area contributed by atoms with E-state index < -0.39 is 5.91 Å². The molecule has 5 heteroatoms. The zero-order valence-corrected chi connectivity index (χ0v) is 8.27. The van der Waals surface area contributed by atoms with Crippen LogP contribution in [0, 0.1) is 0 Å². The van der Waals surface area contributed by atoms with Crippen LogP contribution in [0.3, 0.4) is 0 Å². The zero-order valence-electron chi connectivity index (χ0n) is 8.27. The Morgan fingerprint density at radius 1 is 1.40 bits per heavy atom. The summed E-state index contributed by atoms with van der Waals surface area (Å²) in [5, 5.41) is 26.7. The Morgan fingerprint density at radius 2 is 2.07 bits per heavy atom. The molecule has 82 valence electrons. The predicted octanol–water partition coefficient (Wildman–Crippen LogP) is 1.10. The van der Waals surface area contributed by atoms with E-state index in [0.29, 0.717) is 5.56 Å². The van der Waals surface area contributed by atoms with Crippen molar-refractivity contribution < 1.29 is 20.2 Å².